The molecule has 1 amide bonds. The van der Waals surface area contributed by atoms with E-state index in [1.54, 1.807) is 0 Å². The second kappa shape index (κ2) is 10.1. The van der Waals surface area contributed by atoms with Crippen molar-refractivity contribution in [3.63, 3.8) is 0 Å². The van der Waals surface area contributed by atoms with Gasteiger partial charge in [-0.15, -0.1) is 0 Å². The summed E-state index contributed by atoms with van der Waals surface area (Å²) in [5.74, 6) is 1.12. The Balaban J connectivity index is 1.01. The summed E-state index contributed by atoms with van der Waals surface area (Å²) < 4.78 is 19.3. The first-order valence-corrected chi connectivity index (χ1v) is 18.2. The summed E-state index contributed by atoms with van der Waals surface area (Å²) in [7, 11) is 0. The van der Waals surface area contributed by atoms with Gasteiger partial charge in [-0.3, -0.25) is 9.59 Å². The smallest absolute Gasteiger partial charge is 0.305 e. The van der Waals surface area contributed by atoms with Crippen molar-refractivity contribution in [2.24, 2.45) is 57.0 Å². The molecule has 252 valence electrons. The van der Waals surface area contributed by atoms with Crippen molar-refractivity contribution in [1.29, 1.82) is 0 Å². The van der Waals surface area contributed by atoms with Crippen molar-refractivity contribution >= 4 is 11.9 Å². The number of nitrogens with zero attached hydrogens (tertiary/aromatic N) is 1. The number of nitrogens with two attached hydrogens (primary N) is 1. The van der Waals surface area contributed by atoms with E-state index in [1.165, 1.54) is 19.3 Å². The zero-order valence-corrected chi connectivity index (χ0v) is 27.8. The van der Waals surface area contributed by atoms with Gasteiger partial charge in [0, 0.05) is 13.0 Å². The maximum atomic E-state index is 12.8. The van der Waals surface area contributed by atoms with Crippen LogP contribution in [-0.2, 0) is 23.8 Å². The Morgan fingerprint density at radius 1 is 1.00 bits per heavy atom. The standard InChI is InChI=1S/C36H56N2O7/c1-20-15-22(17-27(40)41)44-30-29(20)33(4)11-12-35-19-34(35)10-9-25(32(2,3)23(34)7-8-24(35)36(33,37)31(30)42)45-28-18-38(13-14-43-28)26(39)16-21-5-6-21/h20-25,28-31,42H,5-19,37H2,1-4H3,(H,40,41)/t20-,22?,23+,24?,25+,28+,29+,30?,31+,33?,34?,35?,36+/m1/s1. The van der Waals surface area contributed by atoms with Crippen LogP contribution in [0, 0.1) is 51.2 Å². The molecule has 4 N–H and O–H groups in total. The molecule has 0 radical (unpaired) electrons. The first-order valence-electron chi connectivity index (χ1n) is 18.2. The zero-order chi connectivity index (χ0) is 31.7. The third-order valence-corrected chi connectivity index (χ3v) is 15.6. The minimum absolute atomic E-state index is 0.0221. The van der Waals surface area contributed by atoms with Crippen LogP contribution in [0.4, 0.5) is 0 Å². The summed E-state index contributed by atoms with van der Waals surface area (Å²) in [6.07, 6.45) is 9.37. The number of aliphatic hydroxyl groups is 1. The van der Waals surface area contributed by atoms with E-state index >= 15 is 0 Å². The van der Waals surface area contributed by atoms with Crippen LogP contribution in [0.3, 0.4) is 0 Å². The number of morpholine rings is 1. The highest BCUT2D eigenvalue weighted by atomic mass is 16.7. The molecule has 0 aromatic rings. The molecule has 2 aliphatic heterocycles. The molecule has 45 heavy (non-hydrogen) atoms. The van der Waals surface area contributed by atoms with Gasteiger partial charge in [0.05, 0.1) is 49.5 Å². The maximum Gasteiger partial charge on any atom is 0.305 e. The Hall–Kier alpha value is -1.26. The average Bonchev–Trinajstić information content (AvgIpc) is 3.89. The Morgan fingerprint density at radius 3 is 2.47 bits per heavy atom. The Bertz CT molecular complexity index is 1240. The van der Waals surface area contributed by atoms with Gasteiger partial charge in [0.2, 0.25) is 5.91 Å². The van der Waals surface area contributed by atoms with Crippen LogP contribution in [0.25, 0.3) is 0 Å². The Morgan fingerprint density at radius 2 is 1.73 bits per heavy atom. The van der Waals surface area contributed by atoms with E-state index in [1.807, 2.05) is 4.90 Å². The average molecular weight is 629 g/mol. The van der Waals surface area contributed by atoms with E-state index in [2.05, 4.69) is 27.7 Å². The van der Waals surface area contributed by atoms with Gasteiger partial charge in [-0.2, -0.15) is 0 Å². The van der Waals surface area contributed by atoms with Gasteiger partial charge in [0.15, 0.2) is 6.29 Å². The van der Waals surface area contributed by atoms with Crippen molar-refractivity contribution in [2.45, 2.75) is 141 Å². The minimum Gasteiger partial charge on any atom is -0.481 e. The molecule has 9 heteroatoms. The number of carboxylic acid groups (broad SMARTS) is 1. The number of carbonyl (C=O) groups is 2. The first kappa shape index (κ1) is 31.0. The fraction of sp³-hybridized carbons (Fsp3) is 0.944. The third-order valence-electron chi connectivity index (χ3n) is 15.6. The lowest BCUT2D eigenvalue weighted by atomic mass is 9.43. The van der Waals surface area contributed by atoms with E-state index in [0.717, 1.165) is 38.5 Å². The van der Waals surface area contributed by atoms with Gasteiger partial charge in [-0.1, -0.05) is 27.7 Å². The second-order valence-electron chi connectivity index (χ2n) is 17.8. The molecule has 6 saturated carbocycles. The Kier molecular flexibility index (Phi) is 6.99. The molecule has 2 saturated heterocycles. The van der Waals surface area contributed by atoms with Crippen molar-refractivity contribution < 1.29 is 34.0 Å². The summed E-state index contributed by atoms with van der Waals surface area (Å²) in [5.41, 5.74) is 7.00. The molecule has 6 unspecified atom stereocenters. The monoisotopic (exact) mass is 628 g/mol. The Labute approximate surface area is 268 Å². The highest BCUT2D eigenvalue weighted by Crippen LogP contribution is 2.87. The summed E-state index contributed by atoms with van der Waals surface area (Å²) in [5, 5.41) is 21.6. The third kappa shape index (κ3) is 4.21. The van der Waals surface area contributed by atoms with E-state index in [-0.39, 0.29) is 70.2 Å². The lowest BCUT2D eigenvalue weighted by molar-refractivity contribution is -0.245. The first-order chi connectivity index (χ1) is 21.3. The number of carbonyl (C=O) groups excluding carboxylic acids is 1. The van der Waals surface area contributed by atoms with Crippen LogP contribution in [0.2, 0.25) is 0 Å². The van der Waals surface area contributed by atoms with Crippen LogP contribution in [0.15, 0.2) is 0 Å². The minimum atomic E-state index is -0.849. The van der Waals surface area contributed by atoms with E-state index in [4.69, 9.17) is 19.9 Å². The number of fused-ring (bicyclic) bond motifs is 4. The SMILES string of the molecule is C[C@@H]1CC(CC(=O)O)OC2[C@H]1C1(C)CCC34CC35CC[C@H](O[C@H]3CN(C(=O)CC6CC6)CCO3)C(C)(C)[C@@H]5CCC4[C@]1(N)[C@H]2O. The molecular formula is C36H56N2O7. The number of ether oxygens (including phenoxy) is 3. The van der Waals surface area contributed by atoms with Crippen molar-refractivity contribution in [2.75, 3.05) is 19.7 Å². The quantitative estimate of drug-likeness (QED) is 0.396. The summed E-state index contributed by atoms with van der Waals surface area (Å²) in [4.78, 5) is 26.4. The van der Waals surface area contributed by atoms with Crippen molar-refractivity contribution in [1.82, 2.24) is 4.90 Å². The number of aliphatic carboxylic acids is 1. The number of amides is 1. The van der Waals surface area contributed by atoms with Gasteiger partial charge in [0.25, 0.3) is 0 Å². The molecule has 6 aliphatic carbocycles. The summed E-state index contributed by atoms with van der Waals surface area (Å²) in [6, 6.07) is 0. The second-order valence-corrected chi connectivity index (χ2v) is 17.8. The number of rotatable bonds is 6. The molecule has 0 aromatic heterocycles. The van der Waals surface area contributed by atoms with Crippen LogP contribution in [0.1, 0.15) is 105 Å². The van der Waals surface area contributed by atoms with Crippen LogP contribution in [-0.4, -0.2) is 82.9 Å². The largest absolute Gasteiger partial charge is 0.481 e. The van der Waals surface area contributed by atoms with Crippen LogP contribution >= 0.6 is 0 Å². The predicted molar refractivity (Wildman–Crippen MR) is 166 cm³/mol. The van der Waals surface area contributed by atoms with Crippen LogP contribution < -0.4 is 5.73 Å². The van der Waals surface area contributed by atoms with Gasteiger partial charge in [-0.05, 0) is 115 Å². The number of hydrogen-bond donors (Lipinski definition) is 3. The molecule has 8 rings (SSSR count). The van der Waals surface area contributed by atoms with E-state index in [9.17, 15) is 19.8 Å². The number of aliphatic hydroxyl groups excluding tert-OH is 1. The van der Waals surface area contributed by atoms with E-state index in [0.29, 0.717) is 44.4 Å². The molecule has 2 spiro atoms. The molecule has 2 heterocycles. The highest BCUT2D eigenvalue weighted by molar-refractivity contribution is 5.76. The van der Waals surface area contributed by atoms with Gasteiger partial charge in [0.1, 0.15) is 0 Å². The summed E-state index contributed by atoms with van der Waals surface area (Å²) >= 11 is 0. The number of hydrogen-bond acceptors (Lipinski definition) is 7. The molecular weight excluding hydrogens is 572 g/mol. The molecule has 0 aromatic carbocycles. The lowest BCUT2D eigenvalue weighted by Crippen LogP contribution is -2.70. The maximum absolute atomic E-state index is 12.8. The van der Waals surface area contributed by atoms with Gasteiger partial charge in [-0.25, -0.2) is 0 Å². The predicted octanol–water partition coefficient (Wildman–Crippen LogP) is 4.34. The van der Waals surface area contributed by atoms with E-state index < -0.39 is 23.7 Å². The topological polar surface area (TPSA) is 132 Å². The van der Waals surface area contributed by atoms with Gasteiger partial charge >= 0.3 is 5.97 Å². The fourth-order valence-corrected chi connectivity index (χ4v) is 13.4. The number of carboxylic acids is 1. The summed E-state index contributed by atoms with van der Waals surface area (Å²) in [6.45, 7) is 11.1. The lowest BCUT2D eigenvalue weighted by Gasteiger charge is -2.63. The molecule has 13 atom stereocenters. The van der Waals surface area contributed by atoms with Crippen molar-refractivity contribution in [3.05, 3.63) is 0 Å². The highest BCUT2D eigenvalue weighted by Gasteiger charge is 2.85. The normalized spacial score (nSPS) is 52.9. The molecule has 9 nitrogen and oxygen atoms in total. The van der Waals surface area contributed by atoms with Gasteiger partial charge < -0.3 is 35.1 Å². The zero-order valence-electron chi connectivity index (χ0n) is 27.8. The van der Waals surface area contributed by atoms with Crippen molar-refractivity contribution in [3.8, 4) is 0 Å². The van der Waals surface area contributed by atoms with Crippen LogP contribution in [0.5, 0.6) is 0 Å². The molecule has 8 aliphatic rings. The fourth-order valence-electron chi connectivity index (χ4n) is 13.4. The molecule has 0 bridgehead atoms. The molecule has 8 fully saturated rings.